The minimum absolute atomic E-state index is 0.0473. The Bertz CT molecular complexity index is 1310. The quantitative estimate of drug-likeness (QED) is 0.363. The van der Waals surface area contributed by atoms with E-state index in [1.807, 2.05) is 6.07 Å². The standard InChI is InChI=1S/C16H14FN7O3S2/c17-10(6-25)9-5-4-7(8-2-1-3-11-13(8)20-16(18)28-11)12(14(9)29(19,26)27)15-21-23-24-22-15/h1-5,10,25H,6H2,(H2,18,20)(H2,19,26,27)(H,21,22,23,24). The molecule has 1 unspecified atom stereocenters. The summed E-state index contributed by atoms with van der Waals surface area (Å²) in [5, 5.41) is 28.4. The average molecular weight is 435 g/mol. The number of rotatable bonds is 5. The van der Waals surface area contributed by atoms with Gasteiger partial charge in [0.2, 0.25) is 15.8 Å². The number of aliphatic hydroxyl groups excluding tert-OH is 1. The largest absolute Gasteiger partial charge is 0.393 e. The van der Waals surface area contributed by atoms with Crippen LogP contribution in [-0.2, 0) is 10.0 Å². The lowest BCUT2D eigenvalue weighted by atomic mass is 9.95. The van der Waals surface area contributed by atoms with Crippen LogP contribution in [0.1, 0.15) is 11.7 Å². The van der Waals surface area contributed by atoms with E-state index in [0.717, 1.165) is 4.70 Å². The Kier molecular flexibility index (Phi) is 4.74. The third kappa shape index (κ3) is 3.33. The molecule has 10 nitrogen and oxygen atoms in total. The number of para-hydroxylation sites is 1. The number of primary sulfonamides is 1. The molecule has 0 bridgehead atoms. The number of nitrogens with one attached hydrogen (secondary N) is 1. The van der Waals surface area contributed by atoms with Crippen molar-refractivity contribution in [1.82, 2.24) is 25.6 Å². The SMILES string of the molecule is Nc1nc2c(-c3ccc(C(F)CO)c(S(N)(=O)=O)c3-c3nn[nH]n3)cccc2s1. The minimum atomic E-state index is -4.44. The number of tetrazole rings is 1. The first-order valence-electron chi connectivity index (χ1n) is 8.15. The number of halogens is 1. The fraction of sp³-hybridized carbons (Fsp3) is 0.125. The van der Waals surface area contributed by atoms with Gasteiger partial charge < -0.3 is 10.8 Å². The van der Waals surface area contributed by atoms with Crippen molar-refractivity contribution in [1.29, 1.82) is 0 Å². The van der Waals surface area contributed by atoms with Gasteiger partial charge in [-0.1, -0.05) is 35.6 Å². The van der Waals surface area contributed by atoms with Crippen molar-refractivity contribution in [3.8, 4) is 22.5 Å². The van der Waals surface area contributed by atoms with Crippen LogP contribution < -0.4 is 10.9 Å². The molecule has 2 aromatic heterocycles. The lowest BCUT2D eigenvalue weighted by Gasteiger charge is -2.17. The average Bonchev–Trinajstić information content (AvgIpc) is 3.33. The molecule has 13 heteroatoms. The Labute approximate surface area is 167 Å². The number of nitrogen functional groups attached to an aromatic ring is 1. The van der Waals surface area contributed by atoms with Crippen molar-refractivity contribution in [2.24, 2.45) is 5.14 Å². The first-order valence-corrected chi connectivity index (χ1v) is 10.5. The van der Waals surface area contributed by atoms with Crippen LogP contribution in [0.2, 0.25) is 0 Å². The van der Waals surface area contributed by atoms with Crippen molar-refractivity contribution in [3.63, 3.8) is 0 Å². The Morgan fingerprint density at radius 1 is 1.24 bits per heavy atom. The van der Waals surface area contributed by atoms with Crippen LogP contribution in [0.25, 0.3) is 32.7 Å². The van der Waals surface area contributed by atoms with E-state index in [1.54, 1.807) is 12.1 Å². The molecule has 0 saturated heterocycles. The van der Waals surface area contributed by atoms with E-state index in [-0.39, 0.29) is 17.0 Å². The second kappa shape index (κ2) is 7.11. The van der Waals surface area contributed by atoms with E-state index in [0.29, 0.717) is 21.8 Å². The number of aromatic nitrogens is 5. The Morgan fingerprint density at radius 3 is 2.69 bits per heavy atom. The molecule has 2 heterocycles. The number of H-pyrrole nitrogens is 1. The zero-order chi connectivity index (χ0) is 20.8. The van der Waals surface area contributed by atoms with Gasteiger partial charge in [-0.2, -0.15) is 5.21 Å². The number of nitrogens with two attached hydrogens (primary N) is 2. The number of nitrogens with zero attached hydrogens (tertiary/aromatic N) is 4. The zero-order valence-corrected chi connectivity index (χ0v) is 16.2. The number of thiazole rings is 1. The van der Waals surface area contributed by atoms with E-state index in [2.05, 4.69) is 25.6 Å². The summed E-state index contributed by atoms with van der Waals surface area (Å²) in [6, 6.07) is 8.05. The second-order valence-corrected chi connectivity index (χ2v) is 8.60. The summed E-state index contributed by atoms with van der Waals surface area (Å²) in [6.45, 7) is -0.925. The van der Waals surface area contributed by atoms with Crippen molar-refractivity contribution < 1.29 is 17.9 Å². The van der Waals surface area contributed by atoms with Gasteiger partial charge in [0.05, 0.1) is 27.3 Å². The Morgan fingerprint density at radius 2 is 2.03 bits per heavy atom. The highest BCUT2D eigenvalue weighted by atomic mass is 32.2. The molecule has 150 valence electrons. The van der Waals surface area contributed by atoms with Crippen LogP contribution >= 0.6 is 11.3 Å². The summed E-state index contributed by atoms with van der Waals surface area (Å²) < 4.78 is 40.1. The number of aromatic amines is 1. The Balaban J connectivity index is 2.16. The molecular weight excluding hydrogens is 421 g/mol. The maximum Gasteiger partial charge on any atom is 0.239 e. The predicted molar refractivity (Wildman–Crippen MR) is 105 cm³/mol. The topological polar surface area (TPSA) is 174 Å². The minimum Gasteiger partial charge on any atom is -0.393 e. The number of fused-ring (bicyclic) bond motifs is 1. The number of sulfonamides is 1. The fourth-order valence-electron chi connectivity index (χ4n) is 3.15. The van der Waals surface area contributed by atoms with E-state index >= 15 is 0 Å². The van der Waals surface area contributed by atoms with E-state index in [1.165, 1.54) is 23.5 Å². The smallest absolute Gasteiger partial charge is 0.239 e. The van der Waals surface area contributed by atoms with E-state index < -0.39 is 27.7 Å². The number of anilines is 1. The summed E-state index contributed by atoms with van der Waals surface area (Å²) in [5.41, 5.74) is 6.89. The first kappa shape index (κ1) is 19.3. The van der Waals surface area contributed by atoms with Crippen LogP contribution in [0.3, 0.4) is 0 Å². The van der Waals surface area contributed by atoms with Crippen molar-refractivity contribution >= 4 is 36.7 Å². The van der Waals surface area contributed by atoms with Gasteiger partial charge in [-0.3, -0.25) is 0 Å². The third-order valence-electron chi connectivity index (χ3n) is 4.27. The van der Waals surface area contributed by atoms with Crippen LogP contribution in [0.4, 0.5) is 9.52 Å². The van der Waals surface area contributed by atoms with Gasteiger partial charge in [0.15, 0.2) is 5.13 Å². The van der Waals surface area contributed by atoms with Crippen LogP contribution in [0, 0.1) is 0 Å². The number of hydrogen-bond donors (Lipinski definition) is 4. The molecule has 2 aromatic carbocycles. The summed E-state index contributed by atoms with van der Waals surface area (Å²) >= 11 is 1.27. The number of aliphatic hydroxyl groups is 1. The molecule has 1 atom stereocenters. The van der Waals surface area contributed by atoms with E-state index in [9.17, 15) is 17.9 Å². The molecule has 0 fully saturated rings. The monoisotopic (exact) mass is 435 g/mol. The number of benzene rings is 2. The summed E-state index contributed by atoms with van der Waals surface area (Å²) in [6.07, 6.45) is -1.98. The van der Waals surface area contributed by atoms with Gasteiger partial charge in [-0.25, -0.2) is 22.9 Å². The van der Waals surface area contributed by atoms with Gasteiger partial charge in [0.25, 0.3) is 0 Å². The zero-order valence-electron chi connectivity index (χ0n) is 14.6. The highest BCUT2D eigenvalue weighted by Crippen LogP contribution is 2.42. The van der Waals surface area contributed by atoms with Gasteiger partial charge >= 0.3 is 0 Å². The third-order valence-corrected chi connectivity index (χ3v) is 6.12. The van der Waals surface area contributed by atoms with Crippen LogP contribution in [0.15, 0.2) is 35.2 Å². The molecule has 0 spiro atoms. The summed E-state index contributed by atoms with van der Waals surface area (Å²) in [5.74, 6) is -0.101. The van der Waals surface area contributed by atoms with Gasteiger partial charge in [0, 0.05) is 11.1 Å². The molecule has 4 rings (SSSR count). The number of hydrogen-bond acceptors (Lipinski definition) is 9. The molecule has 4 aromatic rings. The molecule has 0 aliphatic carbocycles. The molecule has 6 N–H and O–H groups in total. The highest BCUT2D eigenvalue weighted by Gasteiger charge is 2.30. The first-order chi connectivity index (χ1) is 13.8. The number of alkyl halides is 1. The molecule has 29 heavy (non-hydrogen) atoms. The molecule has 0 aliphatic rings. The Hall–Kier alpha value is -3.00. The van der Waals surface area contributed by atoms with Crippen molar-refractivity contribution in [3.05, 3.63) is 35.9 Å². The lowest BCUT2D eigenvalue weighted by molar-refractivity contribution is 0.178. The predicted octanol–water partition coefficient (Wildman–Crippen LogP) is 1.38. The van der Waals surface area contributed by atoms with Crippen molar-refractivity contribution in [2.45, 2.75) is 11.1 Å². The molecule has 0 saturated carbocycles. The molecule has 0 aliphatic heterocycles. The summed E-state index contributed by atoms with van der Waals surface area (Å²) in [4.78, 5) is 3.79. The van der Waals surface area contributed by atoms with E-state index in [4.69, 9.17) is 10.9 Å². The lowest BCUT2D eigenvalue weighted by Crippen LogP contribution is -2.18. The maximum atomic E-state index is 14.4. The molecule has 0 amide bonds. The highest BCUT2D eigenvalue weighted by molar-refractivity contribution is 7.89. The maximum absolute atomic E-state index is 14.4. The van der Waals surface area contributed by atoms with Crippen LogP contribution in [0.5, 0.6) is 0 Å². The van der Waals surface area contributed by atoms with Gasteiger partial charge in [-0.05, 0) is 16.8 Å². The van der Waals surface area contributed by atoms with Gasteiger partial charge in [0.1, 0.15) is 6.17 Å². The van der Waals surface area contributed by atoms with Crippen LogP contribution in [-0.4, -0.2) is 45.7 Å². The van der Waals surface area contributed by atoms with Crippen molar-refractivity contribution in [2.75, 3.05) is 12.3 Å². The summed E-state index contributed by atoms with van der Waals surface area (Å²) in [7, 11) is -4.44. The normalized spacial score (nSPS) is 13.1. The van der Waals surface area contributed by atoms with Gasteiger partial charge in [-0.15, -0.1) is 10.2 Å². The molecular formula is C16H14FN7O3S2. The fourth-order valence-corrected chi connectivity index (χ4v) is 4.92. The molecule has 0 radical (unpaired) electrons. The second-order valence-electron chi connectivity index (χ2n) is 6.04.